The third-order valence-electron chi connectivity index (χ3n) is 4.14. The molecule has 1 aromatic carbocycles. The zero-order valence-electron chi connectivity index (χ0n) is 13.4. The molecule has 1 aliphatic carbocycles. The van der Waals surface area contributed by atoms with Gasteiger partial charge in [0, 0.05) is 25.0 Å². The predicted octanol–water partition coefficient (Wildman–Crippen LogP) is 4.20. The smallest absolute Gasteiger partial charge is 0.0470 e. The Morgan fingerprint density at radius 3 is 3.00 bits per heavy atom. The minimum Gasteiger partial charge on any atom is -0.385 e. The van der Waals surface area contributed by atoms with E-state index in [4.69, 9.17) is 4.74 Å². The lowest BCUT2D eigenvalue weighted by atomic mass is 9.99. The van der Waals surface area contributed by atoms with Crippen molar-refractivity contribution >= 4 is 11.8 Å². The molecular weight excluding hydrogens is 278 g/mol. The molecule has 0 bridgehead atoms. The van der Waals surface area contributed by atoms with Crippen LogP contribution in [-0.4, -0.2) is 31.3 Å². The van der Waals surface area contributed by atoms with Crippen molar-refractivity contribution in [2.75, 3.05) is 26.0 Å². The lowest BCUT2D eigenvalue weighted by Crippen LogP contribution is -2.31. The Balaban J connectivity index is 2.06. The number of ether oxygens (including phenoxy) is 1. The highest BCUT2D eigenvalue weighted by Gasteiger charge is 2.27. The van der Waals surface area contributed by atoms with Gasteiger partial charge in [-0.05, 0) is 55.5 Å². The van der Waals surface area contributed by atoms with E-state index in [1.54, 1.807) is 12.7 Å². The molecule has 2 nitrogen and oxygen atoms in total. The van der Waals surface area contributed by atoms with Gasteiger partial charge in [-0.2, -0.15) is 11.8 Å². The summed E-state index contributed by atoms with van der Waals surface area (Å²) in [5.74, 6) is 1.20. The first-order chi connectivity index (χ1) is 10.4. The van der Waals surface area contributed by atoms with Gasteiger partial charge < -0.3 is 10.1 Å². The number of methoxy groups -OCH3 is 1. The molecule has 3 heteroatoms. The standard InChI is InChI=1S/C18H29NOS/c1-3-12-19-18-16-10-5-4-8-15(16)9-6-11-17(18)21-14-7-13-20-2/h4-5,8,10,17-19H,3,6-7,9,11-14H2,1-2H3. The van der Waals surface area contributed by atoms with Gasteiger partial charge in [0.1, 0.15) is 0 Å². The van der Waals surface area contributed by atoms with Crippen LogP contribution in [0.1, 0.15) is 49.8 Å². The molecule has 2 atom stereocenters. The molecule has 1 aliphatic rings. The Hall–Kier alpha value is -0.510. The van der Waals surface area contributed by atoms with E-state index in [0.717, 1.165) is 19.6 Å². The van der Waals surface area contributed by atoms with Crippen molar-refractivity contribution in [3.8, 4) is 0 Å². The van der Waals surface area contributed by atoms with Crippen molar-refractivity contribution in [2.24, 2.45) is 0 Å². The van der Waals surface area contributed by atoms with E-state index in [1.807, 2.05) is 0 Å². The van der Waals surface area contributed by atoms with E-state index in [9.17, 15) is 0 Å². The van der Waals surface area contributed by atoms with Crippen molar-refractivity contribution in [3.63, 3.8) is 0 Å². The number of hydrogen-bond acceptors (Lipinski definition) is 3. The van der Waals surface area contributed by atoms with Crippen LogP contribution in [0.15, 0.2) is 24.3 Å². The number of hydrogen-bond donors (Lipinski definition) is 1. The number of aryl methyl sites for hydroxylation is 1. The van der Waals surface area contributed by atoms with Crippen LogP contribution in [-0.2, 0) is 11.2 Å². The lowest BCUT2D eigenvalue weighted by molar-refractivity contribution is 0.200. The molecule has 0 saturated carbocycles. The number of thioether (sulfide) groups is 1. The van der Waals surface area contributed by atoms with Crippen molar-refractivity contribution in [3.05, 3.63) is 35.4 Å². The lowest BCUT2D eigenvalue weighted by Gasteiger charge is -2.27. The topological polar surface area (TPSA) is 21.3 Å². The molecule has 1 aromatic rings. The van der Waals surface area contributed by atoms with Gasteiger partial charge in [-0.1, -0.05) is 31.2 Å². The molecule has 21 heavy (non-hydrogen) atoms. The van der Waals surface area contributed by atoms with Crippen LogP contribution < -0.4 is 5.32 Å². The molecule has 0 radical (unpaired) electrons. The van der Waals surface area contributed by atoms with Crippen LogP contribution >= 0.6 is 11.8 Å². The number of rotatable bonds is 8. The first kappa shape index (κ1) is 16.9. The van der Waals surface area contributed by atoms with E-state index in [0.29, 0.717) is 11.3 Å². The predicted molar refractivity (Wildman–Crippen MR) is 93.2 cm³/mol. The Morgan fingerprint density at radius 2 is 2.19 bits per heavy atom. The van der Waals surface area contributed by atoms with E-state index < -0.39 is 0 Å². The summed E-state index contributed by atoms with van der Waals surface area (Å²) in [7, 11) is 1.79. The summed E-state index contributed by atoms with van der Waals surface area (Å²) in [5, 5.41) is 4.50. The average molecular weight is 308 g/mol. The molecule has 0 aromatic heterocycles. The van der Waals surface area contributed by atoms with Crippen molar-refractivity contribution in [1.82, 2.24) is 5.32 Å². The summed E-state index contributed by atoms with van der Waals surface area (Å²) < 4.78 is 5.17. The van der Waals surface area contributed by atoms with Gasteiger partial charge in [-0.15, -0.1) is 0 Å². The Morgan fingerprint density at radius 1 is 1.33 bits per heavy atom. The maximum Gasteiger partial charge on any atom is 0.0470 e. The summed E-state index contributed by atoms with van der Waals surface area (Å²) in [6, 6.07) is 9.53. The largest absolute Gasteiger partial charge is 0.385 e. The van der Waals surface area contributed by atoms with Gasteiger partial charge in [0.2, 0.25) is 0 Å². The van der Waals surface area contributed by atoms with Crippen LogP contribution in [0.5, 0.6) is 0 Å². The van der Waals surface area contributed by atoms with Crippen LogP contribution in [0.3, 0.4) is 0 Å². The molecule has 0 amide bonds. The van der Waals surface area contributed by atoms with Crippen LogP contribution in [0, 0.1) is 0 Å². The molecular formula is C18H29NOS. The van der Waals surface area contributed by atoms with Gasteiger partial charge in [0.05, 0.1) is 0 Å². The Kier molecular flexibility index (Phi) is 7.62. The van der Waals surface area contributed by atoms with Gasteiger partial charge in [-0.3, -0.25) is 0 Å². The van der Waals surface area contributed by atoms with Gasteiger partial charge in [0.15, 0.2) is 0 Å². The van der Waals surface area contributed by atoms with Crippen LogP contribution in [0.25, 0.3) is 0 Å². The first-order valence-electron chi connectivity index (χ1n) is 8.28. The minimum atomic E-state index is 0.510. The average Bonchev–Trinajstić information content (AvgIpc) is 2.69. The summed E-state index contributed by atoms with van der Waals surface area (Å²) >= 11 is 2.13. The SMILES string of the molecule is CCCNC1c2ccccc2CCCC1SCCCOC. The molecule has 0 heterocycles. The summed E-state index contributed by atoms with van der Waals surface area (Å²) in [4.78, 5) is 0. The highest BCUT2D eigenvalue weighted by Crippen LogP contribution is 2.36. The Labute approximate surface area is 134 Å². The van der Waals surface area contributed by atoms with Gasteiger partial charge in [0.25, 0.3) is 0 Å². The second-order valence-electron chi connectivity index (χ2n) is 5.78. The van der Waals surface area contributed by atoms with Gasteiger partial charge in [-0.25, -0.2) is 0 Å². The third-order valence-corrected chi connectivity index (χ3v) is 5.60. The third kappa shape index (κ3) is 5.01. The normalized spacial score (nSPS) is 21.8. The second kappa shape index (κ2) is 9.50. The number of benzene rings is 1. The van der Waals surface area contributed by atoms with E-state index >= 15 is 0 Å². The molecule has 1 N–H and O–H groups in total. The maximum absolute atomic E-state index is 5.17. The molecule has 2 rings (SSSR count). The quantitative estimate of drug-likeness (QED) is 0.574. The fraction of sp³-hybridized carbons (Fsp3) is 0.667. The fourth-order valence-electron chi connectivity index (χ4n) is 3.08. The highest BCUT2D eigenvalue weighted by molar-refractivity contribution is 7.99. The van der Waals surface area contributed by atoms with Crippen molar-refractivity contribution in [2.45, 2.75) is 50.3 Å². The van der Waals surface area contributed by atoms with Crippen LogP contribution in [0.2, 0.25) is 0 Å². The molecule has 118 valence electrons. The summed E-state index contributed by atoms with van der Waals surface area (Å²) in [5.41, 5.74) is 3.08. The zero-order valence-corrected chi connectivity index (χ0v) is 14.3. The summed E-state index contributed by atoms with van der Waals surface area (Å²) in [6.45, 7) is 4.23. The maximum atomic E-state index is 5.17. The molecule has 2 unspecified atom stereocenters. The van der Waals surface area contributed by atoms with E-state index in [2.05, 4.69) is 48.3 Å². The second-order valence-corrected chi connectivity index (χ2v) is 7.13. The minimum absolute atomic E-state index is 0.510. The number of fused-ring (bicyclic) bond motifs is 1. The number of nitrogens with one attached hydrogen (secondary N) is 1. The van der Waals surface area contributed by atoms with Crippen molar-refractivity contribution in [1.29, 1.82) is 0 Å². The monoisotopic (exact) mass is 307 g/mol. The fourth-order valence-corrected chi connectivity index (χ4v) is 4.44. The van der Waals surface area contributed by atoms with Crippen LogP contribution in [0.4, 0.5) is 0 Å². The van der Waals surface area contributed by atoms with Crippen molar-refractivity contribution < 1.29 is 4.74 Å². The molecule has 0 saturated heterocycles. The van der Waals surface area contributed by atoms with E-state index in [1.165, 1.54) is 37.0 Å². The van der Waals surface area contributed by atoms with E-state index in [-0.39, 0.29) is 0 Å². The first-order valence-corrected chi connectivity index (χ1v) is 9.33. The summed E-state index contributed by atoms with van der Waals surface area (Å²) in [6.07, 6.45) is 6.20. The Bertz CT molecular complexity index is 410. The molecule has 0 fully saturated rings. The highest BCUT2D eigenvalue weighted by atomic mass is 32.2. The zero-order chi connectivity index (χ0) is 14.9. The van der Waals surface area contributed by atoms with Gasteiger partial charge >= 0.3 is 0 Å². The molecule has 0 spiro atoms. The molecule has 0 aliphatic heterocycles.